The summed E-state index contributed by atoms with van der Waals surface area (Å²) < 4.78 is 0. The summed E-state index contributed by atoms with van der Waals surface area (Å²) in [5.41, 5.74) is 1.13. The third kappa shape index (κ3) is 5.27. The molecule has 0 aliphatic carbocycles. The van der Waals surface area contributed by atoms with Gasteiger partial charge in [0.2, 0.25) is 5.91 Å². The van der Waals surface area contributed by atoms with Gasteiger partial charge < -0.3 is 5.32 Å². The maximum atomic E-state index is 10.6. The molecule has 3 heteroatoms. The Bertz CT molecular complexity index is 360. The molecular weight excluding hydrogens is 206 g/mol. The van der Waals surface area contributed by atoms with Crippen LogP contribution in [0.2, 0.25) is 0 Å². The molecule has 0 atom stereocenters. The molecule has 1 amide bonds. The van der Waals surface area contributed by atoms with E-state index in [1.807, 2.05) is 36.4 Å². The number of thiol groups is 1. The maximum absolute atomic E-state index is 10.6. The minimum absolute atomic E-state index is 0.0146. The van der Waals surface area contributed by atoms with Crippen LogP contribution in [0, 0.1) is 0 Å². The van der Waals surface area contributed by atoms with Crippen molar-refractivity contribution in [3.05, 3.63) is 35.9 Å². The number of benzene rings is 1. The van der Waals surface area contributed by atoms with Gasteiger partial charge in [-0.15, -0.1) is 12.6 Å². The molecule has 15 heavy (non-hydrogen) atoms. The Balaban J connectivity index is 2.35. The van der Waals surface area contributed by atoms with Gasteiger partial charge in [-0.25, -0.2) is 0 Å². The fraction of sp³-hybridized carbons (Fsp3) is 0.250. The molecule has 0 radical (unpaired) electrons. The molecule has 1 aromatic carbocycles. The summed E-state index contributed by atoms with van der Waals surface area (Å²) in [6.07, 6.45) is 4.91. The number of hydrogen-bond acceptors (Lipinski definition) is 2. The maximum Gasteiger partial charge on any atom is 0.216 e. The highest BCUT2D eigenvalue weighted by atomic mass is 32.1. The SMILES string of the molecule is CC(=O)NCCC=Cc1cccc(S)c1. The minimum atomic E-state index is 0.0146. The first kappa shape index (κ1) is 11.9. The number of carbonyl (C=O) groups is 1. The van der Waals surface area contributed by atoms with Crippen LogP contribution in [0.5, 0.6) is 0 Å². The predicted molar refractivity (Wildman–Crippen MR) is 66.0 cm³/mol. The van der Waals surface area contributed by atoms with Crippen molar-refractivity contribution in [2.24, 2.45) is 0 Å². The van der Waals surface area contributed by atoms with E-state index in [-0.39, 0.29) is 5.91 Å². The van der Waals surface area contributed by atoms with Crippen LogP contribution in [0.3, 0.4) is 0 Å². The second-order valence-corrected chi connectivity index (χ2v) is 3.79. The number of nitrogens with one attached hydrogen (secondary N) is 1. The van der Waals surface area contributed by atoms with Crippen LogP contribution in [0.15, 0.2) is 35.2 Å². The lowest BCUT2D eigenvalue weighted by molar-refractivity contribution is -0.118. The van der Waals surface area contributed by atoms with Crippen LogP contribution in [-0.4, -0.2) is 12.5 Å². The summed E-state index contributed by atoms with van der Waals surface area (Å²) in [5.74, 6) is 0.0146. The quantitative estimate of drug-likeness (QED) is 0.593. The summed E-state index contributed by atoms with van der Waals surface area (Å²) in [6.45, 7) is 2.21. The zero-order valence-corrected chi connectivity index (χ0v) is 9.63. The molecular formula is C12H15NOS. The van der Waals surface area contributed by atoms with Crippen molar-refractivity contribution in [1.29, 1.82) is 0 Å². The van der Waals surface area contributed by atoms with Gasteiger partial charge in [0.05, 0.1) is 0 Å². The molecule has 2 nitrogen and oxygen atoms in total. The van der Waals surface area contributed by atoms with Crippen molar-refractivity contribution < 1.29 is 4.79 Å². The fourth-order valence-electron chi connectivity index (χ4n) is 1.18. The van der Waals surface area contributed by atoms with E-state index in [1.54, 1.807) is 0 Å². The molecule has 1 N–H and O–H groups in total. The van der Waals surface area contributed by atoms with E-state index in [4.69, 9.17) is 0 Å². The highest BCUT2D eigenvalue weighted by molar-refractivity contribution is 7.80. The molecule has 0 saturated carbocycles. The molecule has 0 spiro atoms. The van der Waals surface area contributed by atoms with E-state index in [0.717, 1.165) is 16.9 Å². The smallest absolute Gasteiger partial charge is 0.216 e. The Kier molecular flexibility index (Phi) is 4.98. The van der Waals surface area contributed by atoms with Gasteiger partial charge in [-0.05, 0) is 24.1 Å². The van der Waals surface area contributed by atoms with Crippen molar-refractivity contribution in [3.8, 4) is 0 Å². The van der Waals surface area contributed by atoms with Gasteiger partial charge in [-0.3, -0.25) is 4.79 Å². The van der Waals surface area contributed by atoms with Crippen LogP contribution in [0.4, 0.5) is 0 Å². The first-order chi connectivity index (χ1) is 7.18. The van der Waals surface area contributed by atoms with Crippen LogP contribution in [-0.2, 0) is 4.79 Å². The highest BCUT2D eigenvalue weighted by Crippen LogP contribution is 2.10. The topological polar surface area (TPSA) is 29.1 Å². The lowest BCUT2D eigenvalue weighted by atomic mass is 10.2. The fourth-order valence-corrected chi connectivity index (χ4v) is 1.41. The average molecular weight is 221 g/mol. The summed E-state index contributed by atoms with van der Waals surface area (Å²) in [5, 5.41) is 2.74. The molecule has 0 heterocycles. The van der Waals surface area contributed by atoms with Crippen molar-refractivity contribution in [2.45, 2.75) is 18.2 Å². The van der Waals surface area contributed by atoms with Crippen molar-refractivity contribution in [3.63, 3.8) is 0 Å². The summed E-state index contributed by atoms with van der Waals surface area (Å²) >= 11 is 4.25. The molecule has 0 unspecified atom stereocenters. The van der Waals surface area contributed by atoms with Gasteiger partial charge >= 0.3 is 0 Å². The van der Waals surface area contributed by atoms with E-state index < -0.39 is 0 Å². The van der Waals surface area contributed by atoms with E-state index in [9.17, 15) is 4.79 Å². The van der Waals surface area contributed by atoms with Crippen molar-refractivity contribution >= 4 is 24.6 Å². The van der Waals surface area contributed by atoms with Crippen molar-refractivity contribution in [2.75, 3.05) is 6.54 Å². The molecule has 0 aliphatic heterocycles. The van der Waals surface area contributed by atoms with E-state index >= 15 is 0 Å². The van der Waals surface area contributed by atoms with Gasteiger partial charge in [0.15, 0.2) is 0 Å². The third-order valence-electron chi connectivity index (χ3n) is 1.87. The van der Waals surface area contributed by atoms with E-state index in [0.29, 0.717) is 6.54 Å². The second-order valence-electron chi connectivity index (χ2n) is 3.27. The highest BCUT2D eigenvalue weighted by Gasteiger charge is 1.89. The third-order valence-corrected chi connectivity index (χ3v) is 2.14. The van der Waals surface area contributed by atoms with Gasteiger partial charge in [-0.2, -0.15) is 0 Å². The van der Waals surface area contributed by atoms with Gasteiger partial charge in [0.1, 0.15) is 0 Å². The zero-order valence-electron chi connectivity index (χ0n) is 8.73. The Morgan fingerprint density at radius 1 is 1.53 bits per heavy atom. The standard InChI is InChI=1S/C12H15NOS/c1-10(14)13-8-3-2-5-11-6-4-7-12(15)9-11/h2,4-7,9,15H,3,8H2,1H3,(H,13,14). The number of carbonyl (C=O) groups excluding carboxylic acids is 1. The monoisotopic (exact) mass is 221 g/mol. The Morgan fingerprint density at radius 3 is 3.00 bits per heavy atom. The molecule has 80 valence electrons. The lowest BCUT2D eigenvalue weighted by Gasteiger charge is -1.97. The lowest BCUT2D eigenvalue weighted by Crippen LogP contribution is -2.20. The normalized spacial score (nSPS) is 10.5. The predicted octanol–water partition coefficient (Wildman–Crippen LogP) is 2.51. The van der Waals surface area contributed by atoms with Gasteiger partial charge in [-0.1, -0.05) is 24.3 Å². The van der Waals surface area contributed by atoms with E-state index in [1.165, 1.54) is 6.92 Å². The van der Waals surface area contributed by atoms with Gasteiger partial charge in [0.25, 0.3) is 0 Å². The number of rotatable bonds is 4. The van der Waals surface area contributed by atoms with Crippen LogP contribution in [0.25, 0.3) is 6.08 Å². The number of amides is 1. The van der Waals surface area contributed by atoms with E-state index in [2.05, 4.69) is 17.9 Å². The second kappa shape index (κ2) is 6.30. The summed E-state index contributed by atoms with van der Waals surface area (Å²) in [4.78, 5) is 11.5. The van der Waals surface area contributed by atoms with Crippen molar-refractivity contribution in [1.82, 2.24) is 5.32 Å². The van der Waals surface area contributed by atoms with Crippen LogP contribution >= 0.6 is 12.6 Å². The summed E-state index contributed by atoms with van der Waals surface area (Å²) in [7, 11) is 0. The zero-order chi connectivity index (χ0) is 11.1. The molecule has 1 aromatic rings. The first-order valence-corrected chi connectivity index (χ1v) is 5.33. The Morgan fingerprint density at radius 2 is 2.33 bits per heavy atom. The first-order valence-electron chi connectivity index (χ1n) is 4.88. The molecule has 0 aliphatic rings. The average Bonchev–Trinajstić information content (AvgIpc) is 2.17. The molecule has 0 bridgehead atoms. The molecule has 1 rings (SSSR count). The Labute approximate surface area is 95.8 Å². The molecule has 0 aromatic heterocycles. The Hall–Kier alpha value is -1.22. The molecule has 0 fully saturated rings. The van der Waals surface area contributed by atoms with Crippen LogP contribution < -0.4 is 5.32 Å². The van der Waals surface area contributed by atoms with Gasteiger partial charge in [0, 0.05) is 18.4 Å². The largest absolute Gasteiger partial charge is 0.356 e. The van der Waals surface area contributed by atoms with Crippen LogP contribution in [0.1, 0.15) is 18.9 Å². The number of hydrogen-bond donors (Lipinski definition) is 2. The molecule has 0 saturated heterocycles. The summed E-state index contributed by atoms with van der Waals surface area (Å²) in [6, 6.07) is 7.93. The minimum Gasteiger partial charge on any atom is -0.356 e.